The second-order valence-corrected chi connectivity index (χ2v) is 8.11. The molecule has 1 aliphatic heterocycles. The van der Waals surface area contributed by atoms with E-state index in [9.17, 15) is 4.79 Å². The normalized spacial score (nSPS) is 15.2. The largest absolute Gasteiger partial charge is 0.375 e. The maximum atomic E-state index is 12.1. The number of nitrogens with zero attached hydrogens (tertiary/aromatic N) is 5. The van der Waals surface area contributed by atoms with Gasteiger partial charge in [0.25, 0.3) is 0 Å². The van der Waals surface area contributed by atoms with Gasteiger partial charge < -0.3 is 14.5 Å². The third kappa shape index (κ3) is 3.62. The highest BCUT2D eigenvalue weighted by atomic mass is 32.1. The summed E-state index contributed by atoms with van der Waals surface area (Å²) in [5.41, 5.74) is 4.14. The van der Waals surface area contributed by atoms with Gasteiger partial charge in [-0.2, -0.15) is 10.1 Å². The predicted molar refractivity (Wildman–Crippen MR) is 112 cm³/mol. The molecule has 28 heavy (non-hydrogen) atoms. The number of thiazole rings is 1. The molecule has 1 aromatic carbocycles. The Bertz CT molecular complexity index is 979. The van der Waals surface area contributed by atoms with E-state index in [1.54, 1.807) is 18.4 Å². The van der Waals surface area contributed by atoms with Crippen LogP contribution in [0.25, 0.3) is 16.0 Å². The first-order valence-electron chi connectivity index (χ1n) is 9.51. The zero-order valence-electron chi connectivity index (χ0n) is 16.5. The number of benzene rings is 1. The Balaban J connectivity index is 1.59. The minimum Gasteiger partial charge on any atom is -0.375 e. The molecule has 1 amide bonds. The van der Waals surface area contributed by atoms with Crippen LogP contribution >= 0.6 is 11.3 Å². The van der Waals surface area contributed by atoms with Crippen LogP contribution in [0, 0.1) is 13.8 Å². The molecule has 4 rings (SSSR count). The Labute approximate surface area is 168 Å². The first kappa shape index (κ1) is 18.9. The van der Waals surface area contributed by atoms with E-state index in [2.05, 4.69) is 41.2 Å². The third-order valence-electron chi connectivity index (χ3n) is 5.04. The monoisotopic (exact) mass is 399 g/mol. The van der Waals surface area contributed by atoms with Crippen LogP contribution in [0.2, 0.25) is 0 Å². The van der Waals surface area contributed by atoms with Crippen LogP contribution in [0.5, 0.6) is 0 Å². The van der Waals surface area contributed by atoms with Crippen molar-refractivity contribution >= 4 is 32.7 Å². The summed E-state index contributed by atoms with van der Waals surface area (Å²) in [5, 5.41) is 5.69. The summed E-state index contributed by atoms with van der Waals surface area (Å²) in [6, 6.07) is 8.33. The Morgan fingerprint density at radius 3 is 2.68 bits per heavy atom. The van der Waals surface area contributed by atoms with Crippen molar-refractivity contribution in [1.29, 1.82) is 0 Å². The summed E-state index contributed by atoms with van der Waals surface area (Å²) in [5.74, 6) is 0.0551. The topological polar surface area (TPSA) is 63.5 Å². The van der Waals surface area contributed by atoms with Crippen molar-refractivity contribution < 1.29 is 9.53 Å². The minimum absolute atomic E-state index is 0.0551. The van der Waals surface area contributed by atoms with Crippen molar-refractivity contribution in [3.8, 4) is 5.69 Å². The van der Waals surface area contributed by atoms with Gasteiger partial charge >= 0.3 is 0 Å². The van der Waals surface area contributed by atoms with E-state index in [1.165, 1.54) is 5.56 Å². The Morgan fingerprint density at radius 1 is 1.14 bits per heavy atom. The number of anilines is 1. The average Bonchev–Trinajstić information content (AvgIpc) is 3.14. The predicted octanol–water partition coefficient (Wildman–Crippen LogP) is 2.78. The van der Waals surface area contributed by atoms with Gasteiger partial charge in [0.2, 0.25) is 5.91 Å². The first-order chi connectivity index (χ1) is 13.6. The molecule has 0 saturated carbocycles. The summed E-state index contributed by atoms with van der Waals surface area (Å²) >= 11 is 1.68. The number of fused-ring (bicyclic) bond motifs is 1. The maximum Gasteiger partial charge on any atom is 0.248 e. The zero-order chi connectivity index (χ0) is 19.7. The van der Waals surface area contributed by atoms with E-state index in [-0.39, 0.29) is 12.5 Å². The molecule has 0 unspecified atom stereocenters. The van der Waals surface area contributed by atoms with E-state index >= 15 is 0 Å². The van der Waals surface area contributed by atoms with Gasteiger partial charge in [-0.15, -0.1) is 0 Å². The molecule has 1 fully saturated rings. The molecule has 1 saturated heterocycles. The van der Waals surface area contributed by atoms with E-state index in [0.29, 0.717) is 6.54 Å². The molecule has 0 N–H and O–H groups in total. The fourth-order valence-corrected chi connectivity index (χ4v) is 4.54. The second kappa shape index (κ2) is 7.89. The number of carbonyl (C=O) groups excluding carboxylic acids is 1. The van der Waals surface area contributed by atoms with Crippen LogP contribution in [0.15, 0.2) is 24.3 Å². The van der Waals surface area contributed by atoms with E-state index < -0.39 is 0 Å². The van der Waals surface area contributed by atoms with Crippen LogP contribution in [0.4, 0.5) is 5.13 Å². The molecule has 0 spiro atoms. The van der Waals surface area contributed by atoms with Crippen molar-refractivity contribution in [2.45, 2.75) is 20.3 Å². The number of rotatable bonds is 4. The van der Waals surface area contributed by atoms with Crippen LogP contribution in [-0.4, -0.2) is 65.5 Å². The van der Waals surface area contributed by atoms with Gasteiger partial charge in [-0.25, -0.2) is 4.68 Å². The van der Waals surface area contributed by atoms with Crippen molar-refractivity contribution in [2.75, 3.05) is 44.8 Å². The van der Waals surface area contributed by atoms with Gasteiger partial charge in [0.05, 0.1) is 16.1 Å². The Morgan fingerprint density at radius 2 is 1.93 bits per heavy atom. The highest BCUT2D eigenvalue weighted by molar-refractivity contribution is 7.22. The molecule has 8 heteroatoms. The van der Waals surface area contributed by atoms with Crippen LogP contribution < -0.4 is 4.90 Å². The van der Waals surface area contributed by atoms with Crippen molar-refractivity contribution in [3.63, 3.8) is 0 Å². The minimum atomic E-state index is 0.0551. The lowest BCUT2D eigenvalue weighted by atomic mass is 10.2. The lowest BCUT2D eigenvalue weighted by molar-refractivity contribution is -0.134. The zero-order valence-corrected chi connectivity index (χ0v) is 17.3. The lowest BCUT2D eigenvalue weighted by Crippen LogP contribution is -2.37. The molecule has 7 nitrogen and oxygen atoms in total. The van der Waals surface area contributed by atoms with Crippen LogP contribution in [-0.2, 0) is 9.53 Å². The average molecular weight is 400 g/mol. The lowest BCUT2D eigenvalue weighted by Gasteiger charge is -2.21. The fourth-order valence-electron chi connectivity index (χ4n) is 3.50. The molecular formula is C20H25N5O2S. The third-order valence-corrected chi connectivity index (χ3v) is 6.26. The Kier molecular flexibility index (Phi) is 5.32. The molecular weight excluding hydrogens is 374 g/mol. The van der Waals surface area contributed by atoms with Crippen molar-refractivity contribution in [1.82, 2.24) is 19.7 Å². The quantitative estimate of drug-likeness (QED) is 0.675. The molecule has 3 aromatic rings. The van der Waals surface area contributed by atoms with Gasteiger partial charge in [0, 0.05) is 33.3 Å². The smallest absolute Gasteiger partial charge is 0.248 e. The molecule has 2 aromatic heterocycles. The number of ether oxygens (including phenoxy) is 1. The van der Waals surface area contributed by atoms with Gasteiger partial charge in [-0.3, -0.25) is 4.79 Å². The summed E-state index contributed by atoms with van der Waals surface area (Å²) in [6.07, 6.45) is 0.925. The number of methoxy groups -OCH3 is 1. The van der Waals surface area contributed by atoms with Gasteiger partial charge in [0.1, 0.15) is 6.61 Å². The standard InChI is InChI=1S/C20H25N5O2S/c1-14-5-7-16(8-6-14)25-19-18(15(2)22-25)28-20(21-19)24-10-4-9-23(11-12-24)17(26)13-27-3/h5-8H,4,9-13H2,1-3H3. The molecule has 3 heterocycles. The summed E-state index contributed by atoms with van der Waals surface area (Å²) < 4.78 is 8.03. The summed E-state index contributed by atoms with van der Waals surface area (Å²) in [6.45, 7) is 7.39. The van der Waals surface area contributed by atoms with E-state index in [4.69, 9.17) is 9.72 Å². The number of aromatic nitrogens is 3. The van der Waals surface area contributed by atoms with Gasteiger partial charge in [-0.05, 0) is 32.4 Å². The van der Waals surface area contributed by atoms with Gasteiger partial charge in [0.15, 0.2) is 10.8 Å². The second-order valence-electron chi connectivity index (χ2n) is 7.14. The number of carbonyl (C=O) groups is 1. The summed E-state index contributed by atoms with van der Waals surface area (Å²) in [7, 11) is 1.56. The fraction of sp³-hybridized carbons (Fsp3) is 0.450. The highest BCUT2D eigenvalue weighted by Gasteiger charge is 2.23. The number of amides is 1. The molecule has 0 bridgehead atoms. The Hall–Kier alpha value is -2.45. The van der Waals surface area contributed by atoms with Crippen LogP contribution in [0.1, 0.15) is 17.7 Å². The number of hydrogen-bond donors (Lipinski definition) is 0. The van der Waals surface area contributed by atoms with E-state index in [1.807, 2.05) is 16.5 Å². The first-order valence-corrected chi connectivity index (χ1v) is 10.3. The summed E-state index contributed by atoms with van der Waals surface area (Å²) in [4.78, 5) is 21.2. The van der Waals surface area contributed by atoms with Gasteiger partial charge in [-0.1, -0.05) is 29.0 Å². The van der Waals surface area contributed by atoms with E-state index in [0.717, 1.165) is 52.9 Å². The number of hydrogen-bond acceptors (Lipinski definition) is 6. The number of aryl methyl sites for hydroxylation is 2. The molecule has 0 aliphatic carbocycles. The highest BCUT2D eigenvalue weighted by Crippen LogP contribution is 2.33. The van der Waals surface area contributed by atoms with Crippen LogP contribution in [0.3, 0.4) is 0 Å². The molecule has 148 valence electrons. The molecule has 0 atom stereocenters. The SMILES string of the molecule is COCC(=O)N1CCCN(c2nc3c(s2)c(C)nn3-c2ccc(C)cc2)CC1. The van der Waals surface area contributed by atoms with Crippen molar-refractivity contribution in [2.24, 2.45) is 0 Å². The molecule has 1 aliphatic rings. The van der Waals surface area contributed by atoms with Crippen molar-refractivity contribution in [3.05, 3.63) is 35.5 Å². The molecule has 0 radical (unpaired) electrons. The maximum absolute atomic E-state index is 12.1.